The van der Waals surface area contributed by atoms with Crippen LogP contribution in [0.25, 0.3) is 0 Å². The minimum absolute atomic E-state index is 0.359. The van der Waals surface area contributed by atoms with Crippen molar-refractivity contribution in [3.05, 3.63) is 24.5 Å². The molecule has 0 bridgehead atoms. The summed E-state index contributed by atoms with van der Waals surface area (Å²) in [4.78, 5) is 3.99. The SMILES string of the molecule is CCC(N)[C@H]1CC[C@@H](Oc2ccncc2)CC1. The Bertz CT molecular complexity index is 320. The normalized spacial score (nSPS) is 26.5. The van der Waals surface area contributed by atoms with Crippen molar-refractivity contribution in [2.75, 3.05) is 0 Å². The van der Waals surface area contributed by atoms with Crippen LogP contribution in [0, 0.1) is 5.92 Å². The Balaban J connectivity index is 1.80. The zero-order valence-electron chi connectivity index (χ0n) is 10.5. The van der Waals surface area contributed by atoms with Crippen molar-refractivity contribution < 1.29 is 4.74 Å². The molecule has 0 radical (unpaired) electrons. The second kappa shape index (κ2) is 6.01. The van der Waals surface area contributed by atoms with Gasteiger partial charge >= 0.3 is 0 Å². The van der Waals surface area contributed by atoms with E-state index in [-0.39, 0.29) is 0 Å². The minimum atomic E-state index is 0.359. The van der Waals surface area contributed by atoms with Gasteiger partial charge in [0.15, 0.2) is 0 Å². The number of pyridine rings is 1. The van der Waals surface area contributed by atoms with Gasteiger partial charge in [0.2, 0.25) is 0 Å². The molecule has 0 aliphatic heterocycles. The van der Waals surface area contributed by atoms with Gasteiger partial charge in [0, 0.05) is 18.4 Å². The van der Waals surface area contributed by atoms with Crippen molar-refractivity contribution >= 4 is 0 Å². The van der Waals surface area contributed by atoms with E-state index >= 15 is 0 Å². The molecular formula is C14H22N2O. The lowest BCUT2D eigenvalue weighted by molar-refractivity contribution is 0.122. The average Bonchev–Trinajstić information content (AvgIpc) is 2.40. The fourth-order valence-electron chi connectivity index (χ4n) is 2.58. The average molecular weight is 234 g/mol. The highest BCUT2D eigenvalue weighted by atomic mass is 16.5. The molecule has 2 rings (SSSR count). The molecule has 3 heteroatoms. The van der Waals surface area contributed by atoms with Crippen LogP contribution in [-0.4, -0.2) is 17.1 Å². The first-order chi connectivity index (χ1) is 8.29. The highest BCUT2D eigenvalue weighted by molar-refractivity contribution is 5.17. The fourth-order valence-corrected chi connectivity index (χ4v) is 2.58. The van der Waals surface area contributed by atoms with Gasteiger partial charge in [-0.1, -0.05) is 6.92 Å². The molecule has 1 aromatic heterocycles. The van der Waals surface area contributed by atoms with E-state index in [0.29, 0.717) is 18.1 Å². The number of nitrogens with zero attached hydrogens (tertiary/aromatic N) is 1. The molecule has 0 amide bonds. The highest BCUT2D eigenvalue weighted by Crippen LogP contribution is 2.29. The quantitative estimate of drug-likeness (QED) is 0.871. The lowest BCUT2D eigenvalue weighted by Crippen LogP contribution is -2.35. The van der Waals surface area contributed by atoms with E-state index in [4.69, 9.17) is 10.5 Å². The van der Waals surface area contributed by atoms with Gasteiger partial charge in [0.05, 0.1) is 6.10 Å². The summed E-state index contributed by atoms with van der Waals surface area (Å²) in [5, 5.41) is 0. The van der Waals surface area contributed by atoms with Crippen molar-refractivity contribution in [1.82, 2.24) is 4.98 Å². The van der Waals surface area contributed by atoms with Crippen molar-refractivity contribution in [3.63, 3.8) is 0 Å². The Morgan fingerprint density at radius 3 is 2.53 bits per heavy atom. The van der Waals surface area contributed by atoms with Crippen LogP contribution in [0.5, 0.6) is 5.75 Å². The predicted octanol–water partition coefficient (Wildman–Crippen LogP) is 2.76. The van der Waals surface area contributed by atoms with Crippen molar-refractivity contribution in [1.29, 1.82) is 0 Å². The van der Waals surface area contributed by atoms with Crippen LogP contribution in [0.4, 0.5) is 0 Å². The molecule has 1 aliphatic rings. The van der Waals surface area contributed by atoms with Gasteiger partial charge in [-0.2, -0.15) is 0 Å². The molecule has 17 heavy (non-hydrogen) atoms. The molecule has 1 unspecified atom stereocenters. The lowest BCUT2D eigenvalue weighted by atomic mass is 9.82. The number of ether oxygens (including phenoxy) is 1. The van der Waals surface area contributed by atoms with Crippen molar-refractivity contribution in [2.24, 2.45) is 11.7 Å². The Morgan fingerprint density at radius 1 is 1.29 bits per heavy atom. The van der Waals surface area contributed by atoms with E-state index < -0.39 is 0 Å². The van der Waals surface area contributed by atoms with Crippen LogP contribution >= 0.6 is 0 Å². The first kappa shape index (κ1) is 12.4. The van der Waals surface area contributed by atoms with E-state index in [9.17, 15) is 0 Å². The van der Waals surface area contributed by atoms with Gasteiger partial charge in [-0.25, -0.2) is 0 Å². The van der Waals surface area contributed by atoms with E-state index in [1.165, 1.54) is 12.8 Å². The van der Waals surface area contributed by atoms with Crippen LogP contribution in [0.3, 0.4) is 0 Å². The summed E-state index contributed by atoms with van der Waals surface area (Å²) in [6.45, 7) is 2.17. The van der Waals surface area contributed by atoms with E-state index in [2.05, 4.69) is 11.9 Å². The summed E-state index contributed by atoms with van der Waals surface area (Å²) >= 11 is 0. The second-order valence-corrected chi connectivity index (χ2v) is 4.91. The molecule has 1 aromatic rings. The lowest BCUT2D eigenvalue weighted by Gasteiger charge is -2.31. The Hall–Kier alpha value is -1.09. The van der Waals surface area contributed by atoms with Crippen molar-refractivity contribution in [3.8, 4) is 5.75 Å². The summed E-state index contributed by atoms with van der Waals surface area (Å²) in [6.07, 6.45) is 9.64. The van der Waals surface area contributed by atoms with Crippen molar-refractivity contribution in [2.45, 2.75) is 51.2 Å². The molecule has 3 nitrogen and oxygen atoms in total. The molecule has 2 N–H and O–H groups in total. The maximum atomic E-state index is 6.10. The van der Waals surface area contributed by atoms with Gasteiger partial charge in [-0.3, -0.25) is 4.98 Å². The molecule has 94 valence electrons. The Kier molecular flexibility index (Phi) is 4.37. The molecule has 1 fully saturated rings. The van der Waals surface area contributed by atoms with Crippen LogP contribution in [0.1, 0.15) is 39.0 Å². The van der Waals surface area contributed by atoms with E-state index in [0.717, 1.165) is 25.0 Å². The molecule has 0 aromatic carbocycles. The third-order valence-electron chi connectivity index (χ3n) is 3.75. The monoisotopic (exact) mass is 234 g/mol. The van der Waals surface area contributed by atoms with Gasteiger partial charge in [0.25, 0.3) is 0 Å². The maximum Gasteiger partial charge on any atom is 0.122 e. The third kappa shape index (κ3) is 3.43. The predicted molar refractivity (Wildman–Crippen MR) is 68.9 cm³/mol. The zero-order valence-corrected chi connectivity index (χ0v) is 10.5. The molecule has 1 aliphatic carbocycles. The standard InChI is InChI=1S/C14H22N2O/c1-2-14(15)11-3-5-12(6-4-11)17-13-7-9-16-10-8-13/h7-12,14H,2-6,15H2,1H3/t11-,12+,14?. The first-order valence-electron chi connectivity index (χ1n) is 6.62. The first-order valence-corrected chi connectivity index (χ1v) is 6.62. The Morgan fingerprint density at radius 2 is 1.94 bits per heavy atom. The van der Waals surface area contributed by atoms with Gasteiger partial charge in [-0.15, -0.1) is 0 Å². The second-order valence-electron chi connectivity index (χ2n) is 4.91. The molecule has 1 heterocycles. The summed E-state index contributed by atoms with van der Waals surface area (Å²) in [5.74, 6) is 1.63. The zero-order chi connectivity index (χ0) is 12.1. The van der Waals surface area contributed by atoms with Gasteiger partial charge < -0.3 is 10.5 Å². The largest absolute Gasteiger partial charge is 0.490 e. The molecule has 0 saturated heterocycles. The van der Waals surface area contributed by atoms with Crippen LogP contribution in [-0.2, 0) is 0 Å². The fraction of sp³-hybridized carbons (Fsp3) is 0.643. The molecular weight excluding hydrogens is 212 g/mol. The van der Waals surface area contributed by atoms with Gasteiger partial charge in [0.1, 0.15) is 5.75 Å². The molecule has 1 saturated carbocycles. The summed E-state index contributed by atoms with van der Waals surface area (Å²) in [6, 6.07) is 4.21. The minimum Gasteiger partial charge on any atom is -0.490 e. The maximum absolute atomic E-state index is 6.10. The smallest absolute Gasteiger partial charge is 0.122 e. The van der Waals surface area contributed by atoms with Crippen LogP contribution in [0.2, 0.25) is 0 Å². The van der Waals surface area contributed by atoms with Crippen LogP contribution < -0.4 is 10.5 Å². The Labute approximate surface area is 103 Å². The number of rotatable bonds is 4. The molecule has 1 atom stereocenters. The molecule has 0 spiro atoms. The highest BCUT2D eigenvalue weighted by Gasteiger charge is 2.25. The van der Waals surface area contributed by atoms with Gasteiger partial charge in [-0.05, 0) is 50.2 Å². The number of hydrogen-bond acceptors (Lipinski definition) is 3. The summed E-state index contributed by atoms with van der Waals surface area (Å²) < 4.78 is 5.94. The van der Waals surface area contributed by atoms with E-state index in [1.54, 1.807) is 12.4 Å². The number of hydrogen-bond donors (Lipinski definition) is 1. The summed E-state index contributed by atoms with van der Waals surface area (Å²) in [7, 11) is 0. The van der Waals surface area contributed by atoms with Crippen LogP contribution in [0.15, 0.2) is 24.5 Å². The summed E-state index contributed by atoms with van der Waals surface area (Å²) in [5.41, 5.74) is 6.10. The third-order valence-corrected chi connectivity index (χ3v) is 3.75. The topological polar surface area (TPSA) is 48.1 Å². The van der Waals surface area contributed by atoms with E-state index in [1.807, 2.05) is 12.1 Å². The number of aromatic nitrogens is 1. The number of nitrogens with two attached hydrogens (primary N) is 1.